The van der Waals surface area contributed by atoms with Crippen LogP contribution in [-0.2, 0) is 0 Å². The lowest BCUT2D eigenvalue weighted by atomic mass is 10.2. The average Bonchev–Trinajstić information content (AvgIpc) is 2.19. The van der Waals surface area contributed by atoms with Crippen LogP contribution < -0.4 is 11.2 Å². The fraction of sp³-hybridized carbons (Fsp3) is 0. The highest BCUT2D eigenvalue weighted by molar-refractivity contribution is 5.85. The molecule has 0 unspecified atom stereocenters. The molecule has 2 aromatic heterocycles. The predicted molar refractivity (Wildman–Crippen MR) is 58.2 cm³/mol. The SMILES string of the molecule is Cl.O=c1[nH]cc(-c2ccccn2)c(=O)[nH]1. The molecule has 0 aromatic carbocycles. The zero-order valence-corrected chi connectivity index (χ0v) is 8.38. The van der Waals surface area contributed by atoms with Gasteiger partial charge in [-0.25, -0.2) is 4.79 Å². The van der Waals surface area contributed by atoms with E-state index in [0.29, 0.717) is 11.3 Å². The Hall–Kier alpha value is -1.88. The molecule has 0 spiro atoms. The maximum atomic E-state index is 11.3. The van der Waals surface area contributed by atoms with Crippen LogP contribution in [0.2, 0.25) is 0 Å². The van der Waals surface area contributed by atoms with Gasteiger partial charge in [-0.3, -0.25) is 14.8 Å². The minimum Gasteiger partial charge on any atom is -0.313 e. The molecule has 0 saturated carbocycles. The van der Waals surface area contributed by atoms with Crippen LogP contribution in [0.25, 0.3) is 11.3 Å². The highest BCUT2D eigenvalue weighted by Gasteiger charge is 2.02. The molecule has 2 heterocycles. The van der Waals surface area contributed by atoms with Gasteiger partial charge in [-0.2, -0.15) is 0 Å². The predicted octanol–water partition coefficient (Wildman–Crippen LogP) is 0.547. The van der Waals surface area contributed by atoms with Gasteiger partial charge >= 0.3 is 5.69 Å². The molecule has 0 saturated heterocycles. The molecular formula is C9H8ClN3O2. The minimum atomic E-state index is -0.519. The van der Waals surface area contributed by atoms with E-state index in [9.17, 15) is 9.59 Å². The number of nitrogens with zero attached hydrogens (tertiary/aromatic N) is 1. The van der Waals surface area contributed by atoms with E-state index in [0.717, 1.165) is 0 Å². The second-order valence-electron chi connectivity index (χ2n) is 2.70. The number of rotatable bonds is 1. The van der Waals surface area contributed by atoms with Crippen LogP contribution in [0.15, 0.2) is 40.2 Å². The third-order valence-corrected chi connectivity index (χ3v) is 1.76. The van der Waals surface area contributed by atoms with Crippen LogP contribution >= 0.6 is 12.4 Å². The molecule has 2 aromatic rings. The fourth-order valence-corrected chi connectivity index (χ4v) is 1.12. The average molecular weight is 226 g/mol. The van der Waals surface area contributed by atoms with E-state index >= 15 is 0 Å². The summed E-state index contributed by atoms with van der Waals surface area (Å²) in [5.41, 5.74) is -0.0719. The van der Waals surface area contributed by atoms with Gasteiger partial charge in [-0.1, -0.05) is 6.07 Å². The van der Waals surface area contributed by atoms with E-state index in [2.05, 4.69) is 15.0 Å². The molecule has 0 aliphatic rings. The van der Waals surface area contributed by atoms with Crippen molar-refractivity contribution in [2.75, 3.05) is 0 Å². The van der Waals surface area contributed by atoms with Crippen molar-refractivity contribution < 1.29 is 0 Å². The molecule has 0 aliphatic carbocycles. The van der Waals surface area contributed by atoms with Crippen molar-refractivity contribution in [3.05, 3.63) is 51.4 Å². The molecule has 78 valence electrons. The van der Waals surface area contributed by atoms with E-state index in [-0.39, 0.29) is 12.4 Å². The van der Waals surface area contributed by atoms with Gasteiger partial charge in [-0.15, -0.1) is 12.4 Å². The summed E-state index contributed by atoms with van der Waals surface area (Å²) >= 11 is 0. The first-order chi connectivity index (χ1) is 6.77. The Morgan fingerprint density at radius 3 is 2.60 bits per heavy atom. The van der Waals surface area contributed by atoms with E-state index in [1.54, 1.807) is 24.4 Å². The standard InChI is InChI=1S/C9H7N3O2.ClH/c13-8-6(5-11-9(14)12-8)7-3-1-2-4-10-7;/h1-5H,(H2,11,12,13,14);1H. The lowest BCUT2D eigenvalue weighted by Crippen LogP contribution is -2.22. The normalized spacial score (nSPS) is 9.33. The summed E-state index contributed by atoms with van der Waals surface area (Å²) in [6.45, 7) is 0. The Kier molecular flexibility index (Phi) is 3.41. The van der Waals surface area contributed by atoms with E-state index < -0.39 is 11.2 Å². The largest absolute Gasteiger partial charge is 0.325 e. The van der Waals surface area contributed by atoms with Crippen molar-refractivity contribution >= 4 is 12.4 Å². The highest BCUT2D eigenvalue weighted by Crippen LogP contribution is 2.07. The topological polar surface area (TPSA) is 78.6 Å². The molecule has 6 heteroatoms. The first-order valence-electron chi connectivity index (χ1n) is 4.01. The molecule has 0 bridgehead atoms. The van der Waals surface area contributed by atoms with Gasteiger partial charge in [0.1, 0.15) is 0 Å². The maximum absolute atomic E-state index is 11.3. The van der Waals surface area contributed by atoms with Crippen LogP contribution in [-0.4, -0.2) is 15.0 Å². The summed E-state index contributed by atoms with van der Waals surface area (Å²) in [5.74, 6) is 0. The second kappa shape index (κ2) is 4.56. The monoisotopic (exact) mass is 225 g/mol. The summed E-state index contributed by atoms with van der Waals surface area (Å²) in [6.07, 6.45) is 2.93. The summed E-state index contributed by atoms with van der Waals surface area (Å²) in [7, 11) is 0. The smallest absolute Gasteiger partial charge is 0.313 e. The van der Waals surface area contributed by atoms with Crippen molar-refractivity contribution in [2.24, 2.45) is 0 Å². The van der Waals surface area contributed by atoms with Gasteiger partial charge in [0, 0.05) is 12.4 Å². The van der Waals surface area contributed by atoms with Crippen LogP contribution in [0, 0.1) is 0 Å². The molecule has 0 amide bonds. The lowest BCUT2D eigenvalue weighted by molar-refractivity contribution is 1.03. The zero-order valence-electron chi connectivity index (χ0n) is 7.56. The van der Waals surface area contributed by atoms with Crippen LogP contribution in [0.4, 0.5) is 0 Å². The number of H-pyrrole nitrogens is 2. The van der Waals surface area contributed by atoms with Gasteiger partial charge in [0.15, 0.2) is 0 Å². The van der Waals surface area contributed by atoms with Gasteiger partial charge in [-0.05, 0) is 12.1 Å². The summed E-state index contributed by atoms with van der Waals surface area (Å²) in [5, 5.41) is 0. The third-order valence-electron chi connectivity index (χ3n) is 1.76. The van der Waals surface area contributed by atoms with Crippen molar-refractivity contribution in [2.45, 2.75) is 0 Å². The number of halogens is 1. The Morgan fingerprint density at radius 2 is 2.00 bits per heavy atom. The van der Waals surface area contributed by atoms with Crippen molar-refractivity contribution in [1.29, 1.82) is 0 Å². The molecule has 15 heavy (non-hydrogen) atoms. The molecule has 0 aliphatic heterocycles. The number of aromatic amines is 2. The minimum absolute atomic E-state index is 0. The Bertz CT molecular complexity index is 547. The van der Waals surface area contributed by atoms with Crippen molar-refractivity contribution in [3.8, 4) is 11.3 Å². The Balaban J connectivity index is 0.00000112. The van der Waals surface area contributed by atoms with Crippen LogP contribution in [0.1, 0.15) is 0 Å². The molecule has 0 atom stereocenters. The van der Waals surface area contributed by atoms with Gasteiger partial charge < -0.3 is 4.98 Å². The molecule has 0 radical (unpaired) electrons. The number of pyridine rings is 1. The van der Waals surface area contributed by atoms with Crippen molar-refractivity contribution in [3.63, 3.8) is 0 Å². The Morgan fingerprint density at radius 1 is 1.20 bits per heavy atom. The van der Waals surface area contributed by atoms with Crippen LogP contribution in [0.5, 0.6) is 0 Å². The van der Waals surface area contributed by atoms with Gasteiger partial charge in [0.2, 0.25) is 0 Å². The van der Waals surface area contributed by atoms with Crippen LogP contribution in [0.3, 0.4) is 0 Å². The zero-order chi connectivity index (χ0) is 9.97. The quantitative estimate of drug-likeness (QED) is 0.744. The third kappa shape index (κ3) is 2.32. The molecule has 5 nitrogen and oxygen atoms in total. The highest BCUT2D eigenvalue weighted by atomic mass is 35.5. The van der Waals surface area contributed by atoms with Crippen molar-refractivity contribution in [1.82, 2.24) is 15.0 Å². The first kappa shape index (κ1) is 11.2. The number of aromatic nitrogens is 3. The maximum Gasteiger partial charge on any atom is 0.325 e. The lowest BCUT2D eigenvalue weighted by Gasteiger charge is -1.96. The van der Waals surface area contributed by atoms with Gasteiger partial charge in [0.25, 0.3) is 5.56 Å². The molecule has 0 fully saturated rings. The molecule has 2 N–H and O–H groups in total. The first-order valence-corrected chi connectivity index (χ1v) is 4.01. The van der Waals surface area contributed by atoms with E-state index in [4.69, 9.17) is 0 Å². The summed E-state index contributed by atoms with van der Waals surface area (Å²) < 4.78 is 0. The molecular weight excluding hydrogens is 218 g/mol. The number of hydrogen-bond acceptors (Lipinski definition) is 3. The van der Waals surface area contributed by atoms with E-state index in [1.807, 2.05) is 0 Å². The second-order valence-corrected chi connectivity index (χ2v) is 2.70. The summed E-state index contributed by atoms with van der Waals surface area (Å²) in [6, 6.07) is 5.22. The Labute approximate surface area is 90.6 Å². The number of hydrogen-bond donors (Lipinski definition) is 2. The van der Waals surface area contributed by atoms with E-state index in [1.165, 1.54) is 6.20 Å². The van der Waals surface area contributed by atoms with Gasteiger partial charge in [0.05, 0.1) is 11.3 Å². The fourth-order valence-electron chi connectivity index (χ4n) is 1.12. The number of nitrogens with one attached hydrogen (secondary N) is 2. The summed E-state index contributed by atoms with van der Waals surface area (Å²) in [4.78, 5) is 30.6. The molecule has 2 rings (SSSR count).